The zero-order valence-corrected chi connectivity index (χ0v) is 17.9. The molecule has 0 aliphatic carbocycles. The van der Waals surface area contributed by atoms with Crippen LogP contribution in [0.1, 0.15) is 52.6 Å². The van der Waals surface area contributed by atoms with Gasteiger partial charge in [-0.15, -0.1) is 0 Å². The summed E-state index contributed by atoms with van der Waals surface area (Å²) in [6.07, 6.45) is -6.29. The number of nitrogens with zero attached hydrogens (tertiary/aromatic N) is 1. The van der Waals surface area contributed by atoms with Crippen molar-refractivity contribution in [3.8, 4) is 0 Å². The third-order valence-corrected chi connectivity index (χ3v) is 4.91. The lowest BCUT2D eigenvalue weighted by atomic mass is 9.99. The van der Waals surface area contributed by atoms with Gasteiger partial charge < -0.3 is 9.84 Å². The molecule has 2 aromatic carbocycles. The van der Waals surface area contributed by atoms with Gasteiger partial charge in [-0.05, 0) is 51.0 Å². The van der Waals surface area contributed by atoms with Gasteiger partial charge in [-0.3, -0.25) is 19.8 Å². The maximum absolute atomic E-state index is 13.5. The molecule has 1 heterocycles. The molecule has 0 radical (unpaired) electrons. The smallest absolute Gasteiger partial charge is 0.356 e. The molecule has 172 valence electrons. The fourth-order valence-electron chi connectivity index (χ4n) is 3.61. The molecule has 0 bridgehead atoms. The van der Waals surface area contributed by atoms with Crippen LogP contribution in [-0.4, -0.2) is 46.4 Å². The first-order valence-electron chi connectivity index (χ1n) is 10.1. The number of rotatable bonds is 7. The fraction of sp³-hybridized carbons (Fsp3) is 0.391. The summed E-state index contributed by atoms with van der Waals surface area (Å²) in [5, 5.41) is 13.0. The minimum absolute atomic E-state index is 0.0305. The van der Waals surface area contributed by atoms with Crippen LogP contribution in [0.25, 0.3) is 0 Å². The zero-order valence-electron chi connectivity index (χ0n) is 17.9. The number of alkyl halides is 3. The van der Waals surface area contributed by atoms with Crippen LogP contribution in [0.5, 0.6) is 0 Å². The lowest BCUT2D eigenvalue weighted by Gasteiger charge is -2.30. The molecular formula is C23H25F3N2O4. The van der Waals surface area contributed by atoms with E-state index >= 15 is 0 Å². The van der Waals surface area contributed by atoms with Crippen molar-refractivity contribution < 1.29 is 32.6 Å². The van der Waals surface area contributed by atoms with E-state index in [1.54, 1.807) is 32.9 Å². The molecule has 1 unspecified atom stereocenters. The highest BCUT2D eigenvalue weighted by Gasteiger charge is 2.38. The first kappa shape index (κ1) is 23.9. The van der Waals surface area contributed by atoms with Gasteiger partial charge in [0.25, 0.3) is 11.8 Å². The number of amides is 2. The second-order valence-electron chi connectivity index (χ2n) is 8.57. The number of hydrogen-bond acceptors (Lipinski definition) is 5. The maximum atomic E-state index is 13.5. The van der Waals surface area contributed by atoms with E-state index in [1.807, 2.05) is 0 Å². The largest absolute Gasteiger partial charge is 0.416 e. The number of nitrogens with one attached hydrogen (secondary N) is 1. The van der Waals surface area contributed by atoms with E-state index in [0.717, 1.165) is 11.0 Å². The molecular weight excluding hydrogens is 425 g/mol. The molecule has 9 heteroatoms. The van der Waals surface area contributed by atoms with Gasteiger partial charge in [-0.25, -0.2) is 0 Å². The van der Waals surface area contributed by atoms with E-state index in [0.29, 0.717) is 0 Å². The van der Waals surface area contributed by atoms with Crippen LogP contribution in [0.4, 0.5) is 13.2 Å². The van der Waals surface area contributed by atoms with E-state index < -0.39 is 41.6 Å². The van der Waals surface area contributed by atoms with Crippen LogP contribution in [0, 0.1) is 0 Å². The summed E-state index contributed by atoms with van der Waals surface area (Å²) in [6.45, 7) is 4.87. The predicted molar refractivity (Wildman–Crippen MR) is 111 cm³/mol. The minimum Gasteiger partial charge on any atom is -0.356 e. The number of aliphatic hydroxyl groups is 1. The number of ether oxygens (including phenoxy) is 1. The molecule has 2 aromatic rings. The molecule has 0 fully saturated rings. The van der Waals surface area contributed by atoms with Crippen molar-refractivity contribution in [2.75, 3.05) is 6.54 Å². The molecule has 2 N–H and O–H groups in total. The Labute approximate surface area is 184 Å². The Hall–Kier alpha value is -2.75. The molecule has 3 rings (SSSR count). The third kappa shape index (κ3) is 5.53. The van der Waals surface area contributed by atoms with Gasteiger partial charge in [0.2, 0.25) is 6.41 Å². The maximum Gasteiger partial charge on any atom is 0.416 e. The number of halogens is 3. The number of hydrogen-bond donors (Lipinski definition) is 2. The quantitative estimate of drug-likeness (QED) is 0.498. The fourth-order valence-corrected chi connectivity index (χ4v) is 3.61. The SMILES string of the molecule is CC(C)(C)OC(O)N[C@@H](Cc1ccccc1C(F)(F)F)CN1C(=O)c2ccccc2C1=O. The molecule has 0 saturated carbocycles. The molecule has 32 heavy (non-hydrogen) atoms. The standard InChI is InChI=1S/C23H25F3N2O4/c1-22(2,3)32-21(31)27-15(12-14-8-4-7-11-18(14)23(24,25)26)13-28-19(29)16-9-5-6-10-17(16)20(28)30/h4-11,15,21,27,31H,12-13H2,1-3H3/t15-,21?/m0/s1. The normalized spacial score (nSPS) is 16.3. The summed E-state index contributed by atoms with van der Waals surface area (Å²) < 4.78 is 45.9. The highest BCUT2D eigenvalue weighted by molar-refractivity contribution is 6.21. The topological polar surface area (TPSA) is 78.9 Å². The van der Waals surface area contributed by atoms with Gasteiger partial charge in [0.05, 0.1) is 22.3 Å². The summed E-state index contributed by atoms with van der Waals surface area (Å²) in [5.74, 6) is -1.07. The van der Waals surface area contributed by atoms with Crippen LogP contribution in [0.3, 0.4) is 0 Å². The summed E-state index contributed by atoms with van der Waals surface area (Å²) in [4.78, 5) is 26.5. The Kier molecular flexibility index (Phi) is 6.73. The number of benzene rings is 2. The van der Waals surface area contributed by atoms with Gasteiger partial charge in [-0.1, -0.05) is 30.3 Å². The summed E-state index contributed by atoms with van der Waals surface area (Å²) in [5.41, 5.74) is -1.12. The average molecular weight is 450 g/mol. The Bertz CT molecular complexity index is 966. The average Bonchev–Trinajstić information content (AvgIpc) is 2.91. The zero-order chi connectivity index (χ0) is 23.7. The lowest BCUT2D eigenvalue weighted by molar-refractivity contribution is -0.185. The Morgan fingerprint density at radius 1 is 0.969 bits per heavy atom. The number of imide groups is 1. The third-order valence-electron chi connectivity index (χ3n) is 4.91. The van der Waals surface area contributed by atoms with Gasteiger partial charge in [0.1, 0.15) is 0 Å². The van der Waals surface area contributed by atoms with E-state index in [9.17, 15) is 27.9 Å². The number of carbonyl (C=O) groups is 2. The van der Waals surface area contributed by atoms with E-state index in [2.05, 4.69) is 5.32 Å². The van der Waals surface area contributed by atoms with Crippen LogP contribution in [-0.2, 0) is 17.3 Å². The van der Waals surface area contributed by atoms with Crippen LogP contribution in [0.2, 0.25) is 0 Å². The van der Waals surface area contributed by atoms with Gasteiger partial charge in [0, 0.05) is 12.6 Å². The van der Waals surface area contributed by atoms with E-state index in [4.69, 9.17) is 4.74 Å². The number of fused-ring (bicyclic) bond motifs is 1. The molecule has 0 spiro atoms. The van der Waals surface area contributed by atoms with Crippen molar-refractivity contribution in [3.63, 3.8) is 0 Å². The lowest BCUT2D eigenvalue weighted by Crippen LogP contribution is -2.50. The van der Waals surface area contributed by atoms with E-state index in [1.165, 1.54) is 30.3 Å². The Morgan fingerprint density at radius 3 is 2.03 bits per heavy atom. The molecule has 0 aromatic heterocycles. The van der Waals surface area contributed by atoms with E-state index in [-0.39, 0.29) is 29.7 Å². The first-order valence-corrected chi connectivity index (χ1v) is 10.1. The van der Waals surface area contributed by atoms with Crippen LogP contribution >= 0.6 is 0 Å². The predicted octanol–water partition coefficient (Wildman–Crippen LogP) is 3.59. The molecule has 0 saturated heterocycles. The highest BCUT2D eigenvalue weighted by Crippen LogP contribution is 2.32. The van der Waals surface area contributed by atoms with Crippen molar-refractivity contribution in [1.82, 2.24) is 10.2 Å². The Balaban J connectivity index is 1.87. The summed E-state index contributed by atoms with van der Waals surface area (Å²) in [7, 11) is 0. The second kappa shape index (κ2) is 9.01. The van der Waals surface area contributed by atoms with Gasteiger partial charge in [0.15, 0.2) is 0 Å². The first-order chi connectivity index (χ1) is 14.9. The molecule has 2 atom stereocenters. The molecule has 6 nitrogen and oxygen atoms in total. The molecule has 2 amide bonds. The van der Waals surface area contributed by atoms with Crippen molar-refractivity contribution in [1.29, 1.82) is 0 Å². The number of carbonyl (C=O) groups excluding carboxylic acids is 2. The van der Waals surface area contributed by atoms with Crippen LogP contribution in [0.15, 0.2) is 48.5 Å². The minimum atomic E-state index is -4.57. The van der Waals surface area contributed by atoms with Crippen LogP contribution < -0.4 is 5.32 Å². The monoisotopic (exact) mass is 450 g/mol. The van der Waals surface area contributed by atoms with Crippen molar-refractivity contribution in [2.24, 2.45) is 0 Å². The number of aliphatic hydroxyl groups excluding tert-OH is 1. The van der Waals surface area contributed by atoms with Gasteiger partial charge in [-0.2, -0.15) is 13.2 Å². The summed E-state index contributed by atoms with van der Waals surface area (Å²) >= 11 is 0. The Morgan fingerprint density at radius 2 is 1.50 bits per heavy atom. The molecule has 1 aliphatic rings. The van der Waals surface area contributed by atoms with Crippen molar-refractivity contribution in [3.05, 3.63) is 70.8 Å². The van der Waals surface area contributed by atoms with Gasteiger partial charge >= 0.3 is 6.18 Å². The van der Waals surface area contributed by atoms with Crippen molar-refractivity contribution >= 4 is 11.8 Å². The summed E-state index contributed by atoms with van der Waals surface area (Å²) in [6, 6.07) is 10.5. The second-order valence-corrected chi connectivity index (χ2v) is 8.57. The molecule has 1 aliphatic heterocycles. The highest BCUT2D eigenvalue weighted by atomic mass is 19.4. The van der Waals surface area contributed by atoms with Crippen molar-refractivity contribution in [2.45, 2.75) is 51.4 Å².